The Morgan fingerprint density at radius 2 is 1.78 bits per heavy atom. The van der Waals surface area contributed by atoms with Crippen LogP contribution in [0.5, 0.6) is 5.75 Å². The number of benzene rings is 2. The van der Waals surface area contributed by atoms with Gasteiger partial charge in [0.15, 0.2) is 0 Å². The molecule has 4 nitrogen and oxygen atoms in total. The van der Waals surface area contributed by atoms with Crippen LogP contribution in [0.15, 0.2) is 36.4 Å². The van der Waals surface area contributed by atoms with Crippen molar-refractivity contribution < 1.29 is 9.53 Å². The smallest absolute Gasteiger partial charge is 0.236 e. The molecule has 3 rings (SSSR count). The van der Waals surface area contributed by atoms with Gasteiger partial charge in [-0.1, -0.05) is 31.0 Å². The molecule has 146 valence electrons. The highest BCUT2D eigenvalue weighted by molar-refractivity contribution is 5.84. The van der Waals surface area contributed by atoms with Gasteiger partial charge < -0.3 is 9.64 Å². The zero-order chi connectivity index (χ0) is 19.4. The summed E-state index contributed by atoms with van der Waals surface area (Å²) in [7, 11) is 3.59. The third-order valence-electron chi connectivity index (χ3n) is 5.73. The molecule has 0 aliphatic heterocycles. The number of likely N-dealkylation sites (N-methyl/N-ethyl adjacent to an activating group) is 1. The summed E-state index contributed by atoms with van der Waals surface area (Å²) in [5.74, 6) is 1.06. The number of ether oxygens (including phenoxy) is 1. The minimum absolute atomic E-state index is 0.199. The molecule has 1 aliphatic rings. The zero-order valence-corrected chi connectivity index (χ0v) is 17.1. The topological polar surface area (TPSA) is 32.8 Å². The molecular weight excluding hydrogens is 336 g/mol. The number of hydrogen-bond donors (Lipinski definition) is 0. The number of hydrogen-bond acceptors (Lipinski definition) is 3. The Bertz CT molecular complexity index is 781. The lowest BCUT2D eigenvalue weighted by atomic mass is 10.1. The molecule has 0 aromatic heterocycles. The van der Waals surface area contributed by atoms with Crippen LogP contribution in [-0.2, 0) is 11.3 Å². The van der Waals surface area contributed by atoms with E-state index in [4.69, 9.17) is 4.74 Å². The van der Waals surface area contributed by atoms with Crippen molar-refractivity contribution in [1.82, 2.24) is 9.80 Å². The molecule has 1 fully saturated rings. The second-order valence-corrected chi connectivity index (χ2v) is 8.00. The Morgan fingerprint density at radius 1 is 1.11 bits per heavy atom. The molecule has 0 atom stereocenters. The van der Waals surface area contributed by atoms with Crippen molar-refractivity contribution in [2.24, 2.45) is 0 Å². The first-order valence-electron chi connectivity index (χ1n) is 10.0. The zero-order valence-electron chi connectivity index (χ0n) is 17.1. The number of carbonyl (C=O) groups is 1. The normalized spacial score (nSPS) is 15.0. The largest absolute Gasteiger partial charge is 0.497 e. The number of carbonyl (C=O) groups excluding carboxylic acids is 1. The van der Waals surface area contributed by atoms with E-state index in [1.165, 1.54) is 31.1 Å². The lowest BCUT2D eigenvalue weighted by molar-refractivity contribution is -0.132. The Morgan fingerprint density at radius 3 is 2.44 bits per heavy atom. The molecule has 0 spiro atoms. The Hall–Kier alpha value is -2.07. The van der Waals surface area contributed by atoms with Gasteiger partial charge in [-0.15, -0.1) is 0 Å². The summed E-state index contributed by atoms with van der Waals surface area (Å²) in [6.45, 7) is 5.55. The molecule has 27 heavy (non-hydrogen) atoms. The summed E-state index contributed by atoms with van der Waals surface area (Å²) in [6, 6.07) is 13.4. The molecule has 1 aliphatic carbocycles. The van der Waals surface area contributed by atoms with Crippen LogP contribution in [0.25, 0.3) is 10.8 Å². The fourth-order valence-corrected chi connectivity index (χ4v) is 4.11. The molecule has 1 amide bonds. The third kappa shape index (κ3) is 4.81. The van der Waals surface area contributed by atoms with Crippen LogP contribution in [0.3, 0.4) is 0 Å². The lowest BCUT2D eigenvalue weighted by Crippen LogP contribution is -2.45. The summed E-state index contributed by atoms with van der Waals surface area (Å²) in [6.07, 6.45) is 5.03. The molecule has 2 aromatic carbocycles. The Labute approximate surface area is 163 Å². The van der Waals surface area contributed by atoms with Crippen LogP contribution >= 0.6 is 0 Å². The molecule has 0 N–H and O–H groups in total. The van der Waals surface area contributed by atoms with E-state index in [0.29, 0.717) is 25.2 Å². The maximum Gasteiger partial charge on any atom is 0.236 e. The Kier molecular flexibility index (Phi) is 6.38. The molecule has 0 heterocycles. The maximum absolute atomic E-state index is 12.8. The van der Waals surface area contributed by atoms with Gasteiger partial charge in [0, 0.05) is 25.7 Å². The van der Waals surface area contributed by atoms with Gasteiger partial charge in [0.2, 0.25) is 5.91 Å². The van der Waals surface area contributed by atoms with E-state index >= 15 is 0 Å². The van der Waals surface area contributed by atoms with Crippen LogP contribution in [0.1, 0.15) is 45.1 Å². The number of methoxy groups -OCH3 is 1. The molecule has 2 aromatic rings. The van der Waals surface area contributed by atoms with Crippen LogP contribution in [0.4, 0.5) is 0 Å². The van der Waals surface area contributed by atoms with Crippen molar-refractivity contribution >= 4 is 16.7 Å². The molecule has 0 bridgehead atoms. The summed E-state index contributed by atoms with van der Waals surface area (Å²) in [4.78, 5) is 17.1. The minimum atomic E-state index is 0.199. The second kappa shape index (κ2) is 8.75. The van der Waals surface area contributed by atoms with Gasteiger partial charge in [0.1, 0.15) is 5.75 Å². The van der Waals surface area contributed by atoms with Crippen molar-refractivity contribution in [3.8, 4) is 5.75 Å². The maximum atomic E-state index is 12.8. The minimum Gasteiger partial charge on any atom is -0.497 e. The predicted octanol–water partition coefficient (Wildman–Crippen LogP) is 4.46. The van der Waals surface area contributed by atoms with Gasteiger partial charge in [-0.2, -0.15) is 0 Å². The quantitative estimate of drug-likeness (QED) is 0.723. The van der Waals surface area contributed by atoms with Crippen molar-refractivity contribution in [2.45, 2.75) is 58.2 Å². The monoisotopic (exact) mass is 368 g/mol. The van der Waals surface area contributed by atoms with E-state index in [2.05, 4.69) is 43.0 Å². The van der Waals surface area contributed by atoms with Crippen LogP contribution in [-0.4, -0.2) is 48.5 Å². The van der Waals surface area contributed by atoms with Crippen LogP contribution in [0.2, 0.25) is 0 Å². The van der Waals surface area contributed by atoms with Crippen LogP contribution < -0.4 is 4.74 Å². The summed E-state index contributed by atoms with van der Waals surface area (Å²) in [5.41, 5.74) is 1.15. The first kappa shape index (κ1) is 19.7. The van der Waals surface area contributed by atoms with Crippen molar-refractivity contribution in [2.75, 3.05) is 20.7 Å². The molecule has 0 unspecified atom stereocenters. The fourth-order valence-electron chi connectivity index (χ4n) is 4.11. The number of fused-ring (bicyclic) bond motifs is 1. The standard InChI is InChI=1S/C23H32N2O2/c1-17(2)25(21-7-5-6-8-21)16-23(26)24(3)15-18-9-10-20-14-22(27-4)12-11-19(20)13-18/h9-14,17,21H,5-8,15-16H2,1-4H3. The van der Waals surface area contributed by atoms with Gasteiger partial charge in [-0.25, -0.2) is 0 Å². The molecule has 0 saturated heterocycles. The third-order valence-corrected chi connectivity index (χ3v) is 5.73. The van der Waals surface area contributed by atoms with E-state index in [0.717, 1.165) is 16.7 Å². The van der Waals surface area contributed by atoms with E-state index in [-0.39, 0.29) is 5.91 Å². The van der Waals surface area contributed by atoms with E-state index in [9.17, 15) is 4.79 Å². The van der Waals surface area contributed by atoms with Crippen LogP contribution in [0, 0.1) is 0 Å². The molecule has 4 heteroatoms. The highest BCUT2D eigenvalue weighted by Gasteiger charge is 2.27. The molecule has 1 saturated carbocycles. The number of nitrogens with zero attached hydrogens (tertiary/aromatic N) is 2. The summed E-state index contributed by atoms with van der Waals surface area (Å²) in [5, 5.41) is 2.32. The second-order valence-electron chi connectivity index (χ2n) is 8.00. The number of rotatable bonds is 7. The Balaban J connectivity index is 1.65. The molecular formula is C23H32N2O2. The van der Waals surface area contributed by atoms with E-state index < -0.39 is 0 Å². The number of amides is 1. The lowest BCUT2D eigenvalue weighted by Gasteiger charge is -2.33. The SMILES string of the molecule is COc1ccc2cc(CN(C)C(=O)CN(C(C)C)C3CCCC3)ccc2c1. The summed E-state index contributed by atoms with van der Waals surface area (Å²) < 4.78 is 5.29. The fraction of sp³-hybridized carbons (Fsp3) is 0.522. The predicted molar refractivity (Wildman–Crippen MR) is 111 cm³/mol. The first-order chi connectivity index (χ1) is 13.0. The van der Waals surface area contributed by atoms with Gasteiger partial charge in [-0.3, -0.25) is 9.69 Å². The van der Waals surface area contributed by atoms with E-state index in [1.807, 2.05) is 24.1 Å². The highest BCUT2D eigenvalue weighted by Crippen LogP contribution is 2.25. The average Bonchev–Trinajstić information content (AvgIpc) is 3.19. The average molecular weight is 369 g/mol. The van der Waals surface area contributed by atoms with Crippen molar-refractivity contribution in [1.29, 1.82) is 0 Å². The van der Waals surface area contributed by atoms with Gasteiger partial charge in [-0.05, 0) is 61.2 Å². The van der Waals surface area contributed by atoms with Crippen molar-refractivity contribution in [3.05, 3.63) is 42.0 Å². The van der Waals surface area contributed by atoms with Gasteiger partial charge in [0.05, 0.1) is 13.7 Å². The summed E-state index contributed by atoms with van der Waals surface area (Å²) >= 11 is 0. The highest BCUT2D eigenvalue weighted by atomic mass is 16.5. The molecule has 0 radical (unpaired) electrons. The van der Waals surface area contributed by atoms with Gasteiger partial charge >= 0.3 is 0 Å². The first-order valence-corrected chi connectivity index (χ1v) is 10.0. The van der Waals surface area contributed by atoms with Gasteiger partial charge in [0.25, 0.3) is 0 Å². The van der Waals surface area contributed by atoms with Crippen molar-refractivity contribution in [3.63, 3.8) is 0 Å². The van der Waals surface area contributed by atoms with E-state index in [1.54, 1.807) is 7.11 Å².